The monoisotopic (exact) mass is 421 g/mol. The maximum atomic E-state index is 13.2. The third kappa shape index (κ3) is 3.19. The molecule has 2 bridgehead atoms. The molecular formula is C23H23N3O3S. The van der Waals surface area contributed by atoms with Gasteiger partial charge in [0.2, 0.25) is 10.0 Å². The molecule has 6 nitrogen and oxygen atoms in total. The topological polar surface area (TPSA) is 71.5 Å². The first-order chi connectivity index (χ1) is 14.6. The predicted octanol–water partition coefficient (Wildman–Crippen LogP) is 2.89. The summed E-state index contributed by atoms with van der Waals surface area (Å²) in [4.78, 5) is 4.41. The lowest BCUT2D eigenvalue weighted by atomic mass is 9.75. The third-order valence-electron chi connectivity index (χ3n) is 6.07. The molecule has 1 aromatic heterocycles. The summed E-state index contributed by atoms with van der Waals surface area (Å²) in [5, 5.41) is 3.51. The van der Waals surface area contributed by atoms with Gasteiger partial charge in [0.15, 0.2) is 0 Å². The zero-order valence-corrected chi connectivity index (χ0v) is 17.4. The van der Waals surface area contributed by atoms with Crippen LogP contribution in [0.2, 0.25) is 0 Å². The number of nitrogens with zero attached hydrogens (tertiary/aromatic N) is 2. The van der Waals surface area contributed by atoms with Crippen LogP contribution < -0.4 is 10.1 Å². The highest BCUT2D eigenvalue weighted by Crippen LogP contribution is 2.40. The van der Waals surface area contributed by atoms with Gasteiger partial charge in [-0.25, -0.2) is 8.42 Å². The molecule has 4 heterocycles. The molecule has 0 radical (unpaired) electrons. The molecule has 0 amide bonds. The lowest BCUT2D eigenvalue weighted by molar-refractivity contribution is 0.101. The van der Waals surface area contributed by atoms with Crippen molar-refractivity contribution in [3.8, 4) is 16.9 Å². The van der Waals surface area contributed by atoms with Gasteiger partial charge in [0, 0.05) is 43.5 Å². The van der Waals surface area contributed by atoms with Gasteiger partial charge in [-0.2, -0.15) is 4.31 Å². The number of benzene rings is 2. The molecule has 1 unspecified atom stereocenters. The number of nitrogens with one attached hydrogen (secondary N) is 1. The van der Waals surface area contributed by atoms with Crippen molar-refractivity contribution in [1.82, 2.24) is 14.6 Å². The van der Waals surface area contributed by atoms with Crippen molar-refractivity contribution in [1.29, 1.82) is 0 Å². The Balaban J connectivity index is 1.34. The SMILES string of the molecule is COc1ccccc1S(=O)(=O)N1C[C@@H]2N[C@H](C1)C2c1ccc(-c2cccnc2)cc1. The molecule has 3 aliphatic rings. The van der Waals surface area contributed by atoms with Crippen LogP contribution in [0.4, 0.5) is 0 Å². The zero-order chi connectivity index (χ0) is 20.7. The molecule has 3 aliphatic heterocycles. The number of fused-ring (bicyclic) bond motifs is 2. The molecule has 3 fully saturated rings. The fourth-order valence-corrected chi connectivity index (χ4v) is 6.20. The Morgan fingerprint density at radius 2 is 1.70 bits per heavy atom. The Labute approximate surface area is 176 Å². The Morgan fingerprint density at radius 1 is 0.967 bits per heavy atom. The minimum absolute atomic E-state index is 0.109. The summed E-state index contributed by atoms with van der Waals surface area (Å²) < 4.78 is 33.2. The van der Waals surface area contributed by atoms with Crippen LogP contribution in [0.1, 0.15) is 11.5 Å². The van der Waals surface area contributed by atoms with E-state index in [0.717, 1.165) is 11.1 Å². The Bertz CT molecular complexity index is 1140. The number of piperidine rings is 1. The molecule has 0 aliphatic carbocycles. The second-order valence-corrected chi connectivity index (χ2v) is 9.65. The highest BCUT2D eigenvalue weighted by molar-refractivity contribution is 7.89. The van der Waals surface area contributed by atoms with Crippen LogP contribution in [0.15, 0.2) is 78.0 Å². The van der Waals surface area contributed by atoms with Crippen LogP contribution in [0, 0.1) is 0 Å². The fourth-order valence-electron chi connectivity index (χ4n) is 4.55. The number of sulfonamides is 1. The van der Waals surface area contributed by atoms with Crippen molar-refractivity contribution in [2.45, 2.75) is 22.9 Å². The number of piperazine rings is 1. The number of pyridine rings is 1. The van der Waals surface area contributed by atoms with Crippen LogP contribution in [0.25, 0.3) is 11.1 Å². The number of para-hydroxylation sites is 1. The van der Waals surface area contributed by atoms with E-state index < -0.39 is 10.0 Å². The molecule has 30 heavy (non-hydrogen) atoms. The van der Waals surface area contributed by atoms with E-state index in [4.69, 9.17) is 4.74 Å². The number of hydrogen-bond donors (Lipinski definition) is 1. The number of ether oxygens (including phenoxy) is 1. The van der Waals surface area contributed by atoms with Gasteiger partial charge in [-0.05, 0) is 34.9 Å². The van der Waals surface area contributed by atoms with E-state index in [9.17, 15) is 8.42 Å². The van der Waals surface area contributed by atoms with E-state index in [2.05, 4.69) is 34.6 Å². The number of aromatic nitrogens is 1. The molecule has 0 spiro atoms. The second kappa shape index (κ2) is 7.50. The maximum Gasteiger partial charge on any atom is 0.246 e. The van der Waals surface area contributed by atoms with Crippen LogP contribution in [-0.2, 0) is 10.0 Å². The Hall–Kier alpha value is -2.74. The van der Waals surface area contributed by atoms with E-state index in [1.807, 2.05) is 18.3 Å². The van der Waals surface area contributed by atoms with Crippen molar-refractivity contribution < 1.29 is 13.2 Å². The molecule has 3 aromatic rings. The van der Waals surface area contributed by atoms with Crippen molar-refractivity contribution >= 4 is 10.0 Å². The van der Waals surface area contributed by atoms with Crippen LogP contribution in [0.5, 0.6) is 5.75 Å². The summed E-state index contributed by atoms with van der Waals surface area (Å²) >= 11 is 0. The van der Waals surface area contributed by atoms with E-state index in [1.165, 1.54) is 12.7 Å². The summed E-state index contributed by atoms with van der Waals surface area (Å²) in [6, 6.07) is 19.5. The summed E-state index contributed by atoms with van der Waals surface area (Å²) in [5.74, 6) is 0.698. The lowest BCUT2D eigenvalue weighted by Crippen LogP contribution is -2.72. The van der Waals surface area contributed by atoms with Gasteiger partial charge in [0.25, 0.3) is 0 Å². The molecule has 1 N–H and O–H groups in total. The van der Waals surface area contributed by atoms with Gasteiger partial charge in [-0.1, -0.05) is 42.5 Å². The predicted molar refractivity (Wildman–Crippen MR) is 115 cm³/mol. The average molecular weight is 422 g/mol. The normalized spacial score (nSPS) is 23.6. The summed E-state index contributed by atoms with van der Waals surface area (Å²) in [6.45, 7) is 0.901. The van der Waals surface area contributed by atoms with Gasteiger partial charge >= 0.3 is 0 Å². The van der Waals surface area contributed by atoms with E-state index in [1.54, 1.807) is 34.8 Å². The first-order valence-electron chi connectivity index (χ1n) is 9.97. The minimum Gasteiger partial charge on any atom is -0.495 e. The highest BCUT2D eigenvalue weighted by Gasteiger charge is 2.50. The molecular weight excluding hydrogens is 398 g/mol. The maximum absolute atomic E-state index is 13.2. The first-order valence-corrected chi connectivity index (χ1v) is 11.4. The standard InChI is InChI=1S/C23H23N3O3S/c1-29-21-6-2-3-7-22(21)30(27,28)26-14-19-23(20(15-26)25-19)17-10-8-16(9-11-17)18-5-4-12-24-13-18/h2-13,19-20,23,25H,14-15H2,1H3/t19-,20+,23?. The Kier molecular flexibility index (Phi) is 4.81. The van der Waals surface area contributed by atoms with Crippen molar-refractivity contribution in [3.05, 3.63) is 78.6 Å². The highest BCUT2D eigenvalue weighted by atomic mass is 32.2. The number of rotatable bonds is 5. The van der Waals surface area contributed by atoms with Crippen molar-refractivity contribution in [2.75, 3.05) is 20.2 Å². The van der Waals surface area contributed by atoms with E-state index in [-0.39, 0.29) is 17.0 Å². The molecule has 0 saturated carbocycles. The number of hydrogen-bond acceptors (Lipinski definition) is 5. The Morgan fingerprint density at radius 3 is 2.37 bits per heavy atom. The zero-order valence-electron chi connectivity index (χ0n) is 16.6. The van der Waals surface area contributed by atoms with Crippen LogP contribution in [-0.4, -0.2) is 50.0 Å². The van der Waals surface area contributed by atoms with Gasteiger partial charge in [0.1, 0.15) is 10.6 Å². The molecule has 154 valence electrons. The van der Waals surface area contributed by atoms with Gasteiger partial charge in [0.05, 0.1) is 7.11 Å². The fraction of sp³-hybridized carbons (Fsp3) is 0.261. The quantitative estimate of drug-likeness (QED) is 0.686. The molecule has 6 rings (SSSR count). The minimum atomic E-state index is -3.59. The largest absolute Gasteiger partial charge is 0.495 e. The smallest absolute Gasteiger partial charge is 0.246 e. The molecule has 3 atom stereocenters. The first kappa shape index (κ1) is 19.2. The molecule has 3 saturated heterocycles. The summed E-state index contributed by atoms with van der Waals surface area (Å²) in [6.07, 6.45) is 3.62. The van der Waals surface area contributed by atoms with Gasteiger partial charge in [-0.15, -0.1) is 0 Å². The number of methoxy groups -OCH3 is 1. The van der Waals surface area contributed by atoms with Crippen molar-refractivity contribution in [2.24, 2.45) is 0 Å². The van der Waals surface area contributed by atoms with E-state index >= 15 is 0 Å². The van der Waals surface area contributed by atoms with E-state index in [0.29, 0.717) is 24.8 Å². The van der Waals surface area contributed by atoms with Gasteiger partial charge in [-0.3, -0.25) is 4.98 Å². The molecule has 2 aromatic carbocycles. The van der Waals surface area contributed by atoms with Crippen molar-refractivity contribution in [3.63, 3.8) is 0 Å². The molecule has 7 heteroatoms. The average Bonchev–Trinajstić information content (AvgIpc) is 2.80. The van der Waals surface area contributed by atoms with Crippen LogP contribution in [0.3, 0.4) is 0 Å². The van der Waals surface area contributed by atoms with Gasteiger partial charge < -0.3 is 10.1 Å². The third-order valence-corrected chi connectivity index (χ3v) is 7.94. The van der Waals surface area contributed by atoms with Crippen LogP contribution >= 0.6 is 0 Å². The lowest BCUT2D eigenvalue weighted by Gasteiger charge is -2.54. The second-order valence-electron chi connectivity index (χ2n) is 7.74. The summed E-state index contributed by atoms with van der Waals surface area (Å²) in [5.41, 5.74) is 3.46. The summed E-state index contributed by atoms with van der Waals surface area (Å²) in [7, 11) is -2.10.